The van der Waals surface area contributed by atoms with Gasteiger partial charge in [-0.1, -0.05) is 29.3 Å². The fraction of sp³-hybridized carbons (Fsp3) is 0.222. The SMILES string of the molecule is COc1ccc(SCC(=O)OCC(=O)NCc2ccc(Cl)cc2Cl)cc1. The summed E-state index contributed by atoms with van der Waals surface area (Å²) >= 11 is 13.2. The Balaban J connectivity index is 1.68. The maximum atomic E-state index is 11.8. The first-order valence-corrected chi connectivity index (χ1v) is 9.35. The second-order valence-electron chi connectivity index (χ2n) is 5.14. The molecule has 0 saturated heterocycles. The van der Waals surface area contributed by atoms with Crippen LogP contribution in [0, 0.1) is 0 Å². The Labute approximate surface area is 166 Å². The number of nitrogens with one attached hydrogen (secondary N) is 1. The lowest BCUT2D eigenvalue weighted by Gasteiger charge is -2.08. The van der Waals surface area contributed by atoms with Crippen LogP contribution in [0.4, 0.5) is 0 Å². The van der Waals surface area contributed by atoms with Crippen molar-refractivity contribution in [1.82, 2.24) is 5.32 Å². The quantitative estimate of drug-likeness (QED) is 0.524. The van der Waals surface area contributed by atoms with Crippen molar-refractivity contribution in [2.45, 2.75) is 11.4 Å². The molecule has 0 saturated carbocycles. The van der Waals surface area contributed by atoms with Crippen molar-refractivity contribution >= 4 is 46.8 Å². The molecule has 2 aromatic carbocycles. The molecule has 0 bridgehead atoms. The van der Waals surface area contributed by atoms with Crippen LogP contribution in [0.2, 0.25) is 10.0 Å². The van der Waals surface area contributed by atoms with Crippen molar-refractivity contribution in [1.29, 1.82) is 0 Å². The number of amides is 1. The summed E-state index contributed by atoms with van der Waals surface area (Å²) in [5.74, 6) is -0.0125. The lowest BCUT2D eigenvalue weighted by molar-refractivity contribution is -0.145. The molecule has 0 aliphatic heterocycles. The molecule has 8 heteroatoms. The second kappa shape index (κ2) is 10.3. The Hall–Kier alpha value is -1.89. The number of halogens is 2. The summed E-state index contributed by atoms with van der Waals surface area (Å²) < 4.78 is 10.0. The molecule has 2 rings (SSSR count). The Morgan fingerprint density at radius 2 is 1.85 bits per heavy atom. The Kier molecular flexibility index (Phi) is 8.09. The topological polar surface area (TPSA) is 64.6 Å². The second-order valence-corrected chi connectivity index (χ2v) is 7.03. The van der Waals surface area contributed by atoms with Gasteiger partial charge in [0.05, 0.1) is 12.9 Å². The average Bonchev–Trinajstić information content (AvgIpc) is 2.64. The van der Waals surface area contributed by atoms with E-state index < -0.39 is 11.9 Å². The molecule has 0 fully saturated rings. The Morgan fingerprint density at radius 3 is 2.50 bits per heavy atom. The van der Waals surface area contributed by atoms with Gasteiger partial charge in [0.1, 0.15) is 5.75 Å². The summed E-state index contributed by atoms with van der Waals surface area (Å²) in [6, 6.07) is 12.3. The first-order chi connectivity index (χ1) is 12.5. The van der Waals surface area contributed by atoms with E-state index in [9.17, 15) is 9.59 Å². The number of carbonyl (C=O) groups is 2. The third-order valence-corrected chi connectivity index (χ3v) is 4.84. The molecule has 1 amide bonds. The maximum absolute atomic E-state index is 11.8. The van der Waals surface area contributed by atoms with Gasteiger partial charge in [-0.15, -0.1) is 11.8 Å². The molecule has 0 heterocycles. The summed E-state index contributed by atoms with van der Waals surface area (Å²) in [5.41, 5.74) is 0.728. The molecular weight excluding hydrogens is 397 g/mol. The Morgan fingerprint density at radius 1 is 1.12 bits per heavy atom. The van der Waals surface area contributed by atoms with Gasteiger partial charge in [0.2, 0.25) is 0 Å². The molecule has 0 atom stereocenters. The molecular formula is C18H17Cl2NO4S. The van der Waals surface area contributed by atoms with Crippen LogP contribution in [0.3, 0.4) is 0 Å². The lowest BCUT2D eigenvalue weighted by atomic mass is 10.2. The minimum Gasteiger partial charge on any atom is -0.497 e. The third kappa shape index (κ3) is 6.78. The highest BCUT2D eigenvalue weighted by Crippen LogP contribution is 2.22. The standard InChI is InChI=1S/C18H17Cl2NO4S/c1-24-14-4-6-15(7-5-14)26-11-18(23)25-10-17(22)21-9-12-2-3-13(19)8-16(12)20/h2-8H,9-11H2,1H3,(H,21,22). The number of hydrogen-bond acceptors (Lipinski definition) is 5. The summed E-state index contributed by atoms with van der Waals surface area (Å²) in [6.07, 6.45) is 0. The van der Waals surface area contributed by atoms with E-state index in [1.807, 2.05) is 24.3 Å². The molecule has 1 N–H and O–H groups in total. The van der Waals surface area contributed by atoms with Crippen molar-refractivity contribution in [3.05, 3.63) is 58.1 Å². The average molecular weight is 414 g/mol. The zero-order chi connectivity index (χ0) is 18.9. The first-order valence-electron chi connectivity index (χ1n) is 7.61. The van der Waals surface area contributed by atoms with Crippen LogP contribution in [0.25, 0.3) is 0 Å². The third-order valence-electron chi connectivity index (χ3n) is 3.27. The van der Waals surface area contributed by atoms with Crippen LogP contribution in [-0.2, 0) is 20.9 Å². The summed E-state index contributed by atoms with van der Waals surface area (Å²) in [4.78, 5) is 24.4. The van der Waals surface area contributed by atoms with Crippen LogP contribution in [-0.4, -0.2) is 31.3 Å². The summed E-state index contributed by atoms with van der Waals surface area (Å²) in [7, 11) is 1.59. The van der Waals surface area contributed by atoms with E-state index in [1.165, 1.54) is 11.8 Å². The fourth-order valence-electron chi connectivity index (χ4n) is 1.91. The molecule has 138 valence electrons. The van der Waals surface area contributed by atoms with Crippen molar-refractivity contribution in [3.8, 4) is 5.75 Å². The molecule has 0 aliphatic carbocycles. The van der Waals surface area contributed by atoms with Gasteiger partial charge in [-0.3, -0.25) is 9.59 Å². The number of esters is 1. The van der Waals surface area contributed by atoms with Gasteiger partial charge in [-0.2, -0.15) is 0 Å². The minimum atomic E-state index is -0.467. The van der Waals surface area contributed by atoms with E-state index >= 15 is 0 Å². The predicted molar refractivity (Wildman–Crippen MR) is 103 cm³/mol. The van der Waals surface area contributed by atoms with Gasteiger partial charge >= 0.3 is 5.97 Å². The maximum Gasteiger partial charge on any atom is 0.316 e. The van der Waals surface area contributed by atoms with E-state index in [0.29, 0.717) is 10.0 Å². The van der Waals surface area contributed by atoms with Crippen molar-refractivity contribution < 1.29 is 19.1 Å². The van der Waals surface area contributed by atoms with Gasteiger partial charge in [0.25, 0.3) is 5.91 Å². The fourth-order valence-corrected chi connectivity index (χ4v) is 3.08. The van der Waals surface area contributed by atoms with Crippen LogP contribution >= 0.6 is 35.0 Å². The zero-order valence-electron chi connectivity index (χ0n) is 14.0. The van der Waals surface area contributed by atoms with Gasteiger partial charge in [-0.25, -0.2) is 0 Å². The molecule has 0 aliphatic rings. The lowest BCUT2D eigenvalue weighted by Crippen LogP contribution is -2.28. The molecule has 0 spiro atoms. The van der Waals surface area contributed by atoms with Crippen LogP contribution in [0.1, 0.15) is 5.56 Å². The van der Waals surface area contributed by atoms with E-state index in [2.05, 4.69) is 5.32 Å². The van der Waals surface area contributed by atoms with Crippen LogP contribution in [0.15, 0.2) is 47.4 Å². The highest BCUT2D eigenvalue weighted by Gasteiger charge is 2.09. The number of rotatable bonds is 8. The normalized spacial score (nSPS) is 10.3. The van der Waals surface area contributed by atoms with Crippen molar-refractivity contribution in [3.63, 3.8) is 0 Å². The number of ether oxygens (including phenoxy) is 2. The predicted octanol–water partition coefficient (Wildman–Crippen LogP) is 3.95. The molecule has 2 aromatic rings. The van der Waals surface area contributed by atoms with Gasteiger partial charge in [0, 0.05) is 21.5 Å². The number of carbonyl (C=O) groups excluding carboxylic acids is 2. The number of benzene rings is 2. The smallest absolute Gasteiger partial charge is 0.316 e. The molecule has 0 radical (unpaired) electrons. The highest BCUT2D eigenvalue weighted by atomic mass is 35.5. The summed E-state index contributed by atoms with van der Waals surface area (Å²) in [6.45, 7) is -0.111. The van der Waals surface area contributed by atoms with Crippen LogP contribution < -0.4 is 10.1 Å². The van der Waals surface area contributed by atoms with Crippen molar-refractivity contribution in [2.24, 2.45) is 0 Å². The number of hydrogen-bond donors (Lipinski definition) is 1. The Bertz CT molecular complexity index is 768. The van der Waals surface area contributed by atoms with Crippen LogP contribution in [0.5, 0.6) is 5.75 Å². The van der Waals surface area contributed by atoms with E-state index in [1.54, 1.807) is 25.3 Å². The largest absolute Gasteiger partial charge is 0.497 e. The molecule has 26 heavy (non-hydrogen) atoms. The highest BCUT2D eigenvalue weighted by molar-refractivity contribution is 8.00. The number of methoxy groups -OCH3 is 1. The van der Waals surface area contributed by atoms with Gasteiger partial charge < -0.3 is 14.8 Å². The van der Waals surface area contributed by atoms with E-state index in [-0.39, 0.29) is 18.9 Å². The first kappa shape index (κ1) is 20.4. The zero-order valence-corrected chi connectivity index (χ0v) is 16.3. The van der Waals surface area contributed by atoms with Gasteiger partial charge in [-0.05, 0) is 42.0 Å². The van der Waals surface area contributed by atoms with E-state index in [0.717, 1.165) is 16.2 Å². The van der Waals surface area contributed by atoms with Gasteiger partial charge in [0.15, 0.2) is 6.61 Å². The van der Waals surface area contributed by atoms with Crippen molar-refractivity contribution in [2.75, 3.05) is 19.5 Å². The van der Waals surface area contributed by atoms with E-state index in [4.69, 9.17) is 32.7 Å². The molecule has 0 aromatic heterocycles. The molecule has 5 nitrogen and oxygen atoms in total. The molecule has 0 unspecified atom stereocenters. The minimum absolute atomic E-state index is 0.114. The number of thioether (sulfide) groups is 1. The summed E-state index contributed by atoms with van der Waals surface area (Å²) in [5, 5.41) is 3.62. The monoisotopic (exact) mass is 413 g/mol.